The number of hydrogen-bond acceptors (Lipinski definition) is 2. The van der Waals surface area contributed by atoms with E-state index in [2.05, 4.69) is 0 Å². The highest BCUT2D eigenvalue weighted by Gasteiger charge is 2.24. The third-order valence-electron chi connectivity index (χ3n) is 4.09. The molecule has 0 saturated heterocycles. The summed E-state index contributed by atoms with van der Waals surface area (Å²) in [6.07, 6.45) is 1.47. The van der Waals surface area contributed by atoms with Gasteiger partial charge in [-0.2, -0.15) is 0 Å². The predicted octanol–water partition coefficient (Wildman–Crippen LogP) is 4.31. The zero-order valence-electron chi connectivity index (χ0n) is 13.4. The number of amides is 1. The van der Waals surface area contributed by atoms with Gasteiger partial charge in [-0.05, 0) is 55.9 Å². The Hall–Kier alpha value is -1.58. The van der Waals surface area contributed by atoms with E-state index in [1.165, 1.54) is 0 Å². The molecule has 0 heterocycles. The summed E-state index contributed by atoms with van der Waals surface area (Å²) in [5, 5.41) is 0.873. The van der Waals surface area contributed by atoms with Gasteiger partial charge in [0.1, 0.15) is 0 Å². The largest absolute Gasteiger partial charge is 0.366 e. The van der Waals surface area contributed by atoms with Crippen LogP contribution in [-0.2, 0) is 11.2 Å². The Morgan fingerprint density at radius 3 is 2.09 bits per heavy atom. The molecule has 2 N–H and O–H groups in total. The molecule has 5 heteroatoms. The molecule has 0 saturated carbocycles. The number of benzene rings is 1. The fourth-order valence-electron chi connectivity index (χ4n) is 2.96. The van der Waals surface area contributed by atoms with Crippen molar-refractivity contribution in [2.24, 2.45) is 5.73 Å². The highest BCUT2D eigenvalue weighted by Crippen LogP contribution is 2.37. The van der Waals surface area contributed by atoms with Crippen LogP contribution in [0, 0.1) is 13.8 Å². The SMILES string of the molecule is CC1=C(Cl)C(Cl)=C(C(=O)CCc2cc(C)c(C(N)=O)c(C)c2)C1. The van der Waals surface area contributed by atoms with E-state index in [4.69, 9.17) is 28.9 Å². The highest BCUT2D eigenvalue weighted by molar-refractivity contribution is 6.46. The molecule has 0 fully saturated rings. The second-order valence-corrected chi connectivity index (χ2v) is 6.71. The van der Waals surface area contributed by atoms with Crippen LogP contribution in [0.15, 0.2) is 33.3 Å². The van der Waals surface area contributed by atoms with Gasteiger partial charge < -0.3 is 5.73 Å². The van der Waals surface area contributed by atoms with Crippen LogP contribution in [0.25, 0.3) is 0 Å². The molecule has 1 aliphatic rings. The maximum Gasteiger partial charge on any atom is 0.249 e. The van der Waals surface area contributed by atoms with Crippen LogP contribution in [0.5, 0.6) is 0 Å². The van der Waals surface area contributed by atoms with Crippen LogP contribution < -0.4 is 5.73 Å². The lowest BCUT2D eigenvalue weighted by Gasteiger charge is -2.10. The molecular formula is C18H19Cl2NO2. The number of hydrogen-bond donors (Lipinski definition) is 1. The molecule has 1 aromatic rings. The predicted molar refractivity (Wildman–Crippen MR) is 93.8 cm³/mol. The number of halogens is 2. The smallest absolute Gasteiger partial charge is 0.249 e. The van der Waals surface area contributed by atoms with E-state index in [0.29, 0.717) is 40.5 Å². The third-order valence-corrected chi connectivity index (χ3v) is 5.12. The molecule has 0 unspecified atom stereocenters. The van der Waals surface area contributed by atoms with E-state index in [0.717, 1.165) is 22.3 Å². The minimum atomic E-state index is -0.429. The minimum absolute atomic E-state index is 0.0132. The molecule has 0 radical (unpaired) electrons. The Balaban J connectivity index is 2.11. The van der Waals surface area contributed by atoms with Gasteiger partial charge in [0.15, 0.2) is 5.78 Å². The summed E-state index contributed by atoms with van der Waals surface area (Å²) in [5.74, 6) is -0.416. The number of nitrogens with two attached hydrogens (primary N) is 1. The first-order chi connectivity index (χ1) is 10.7. The molecule has 0 aromatic heterocycles. The Bertz CT molecular complexity index is 737. The van der Waals surface area contributed by atoms with Crippen LogP contribution in [0.4, 0.5) is 0 Å². The van der Waals surface area contributed by atoms with Gasteiger partial charge in [0.25, 0.3) is 0 Å². The van der Waals surface area contributed by atoms with Crippen molar-refractivity contribution in [1.29, 1.82) is 0 Å². The number of aryl methyl sites for hydroxylation is 3. The molecular weight excluding hydrogens is 333 g/mol. The summed E-state index contributed by atoms with van der Waals surface area (Å²) in [5.41, 5.74) is 10.1. The number of allylic oxidation sites excluding steroid dienone is 4. The molecule has 3 nitrogen and oxygen atoms in total. The minimum Gasteiger partial charge on any atom is -0.366 e. The van der Waals surface area contributed by atoms with Gasteiger partial charge in [-0.3, -0.25) is 9.59 Å². The Labute approximate surface area is 146 Å². The molecule has 0 spiro atoms. The third kappa shape index (κ3) is 3.67. The summed E-state index contributed by atoms with van der Waals surface area (Å²) >= 11 is 12.2. The first-order valence-corrected chi connectivity index (χ1v) is 8.15. The van der Waals surface area contributed by atoms with Crippen molar-refractivity contribution < 1.29 is 9.59 Å². The molecule has 23 heavy (non-hydrogen) atoms. The maximum atomic E-state index is 12.4. The van der Waals surface area contributed by atoms with Gasteiger partial charge in [0, 0.05) is 17.6 Å². The van der Waals surface area contributed by atoms with Gasteiger partial charge in [0.05, 0.1) is 10.1 Å². The number of rotatable bonds is 5. The Morgan fingerprint density at radius 2 is 1.65 bits per heavy atom. The average molecular weight is 352 g/mol. The topological polar surface area (TPSA) is 60.2 Å². The fourth-order valence-corrected chi connectivity index (χ4v) is 3.47. The molecule has 122 valence electrons. The van der Waals surface area contributed by atoms with E-state index in [1.807, 2.05) is 32.9 Å². The Kier molecular flexibility index (Phi) is 5.33. The van der Waals surface area contributed by atoms with Crippen molar-refractivity contribution in [3.63, 3.8) is 0 Å². The lowest BCUT2D eigenvalue weighted by atomic mass is 9.95. The van der Waals surface area contributed by atoms with Gasteiger partial charge in [-0.25, -0.2) is 0 Å². The van der Waals surface area contributed by atoms with E-state index in [-0.39, 0.29) is 5.78 Å². The van der Waals surface area contributed by atoms with E-state index in [9.17, 15) is 9.59 Å². The molecule has 0 aliphatic heterocycles. The van der Waals surface area contributed by atoms with Crippen LogP contribution in [-0.4, -0.2) is 11.7 Å². The number of primary amides is 1. The van der Waals surface area contributed by atoms with Crippen LogP contribution >= 0.6 is 23.2 Å². The summed E-state index contributed by atoms with van der Waals surface area (Å²) in [6, 6.07) is 3.81. The molecule has 1 amide bonds. The standard InChI is InChI=1S/C18H19Cl2NO2/c1-9-6-12(7-10(2)15(9)18(21)23)4-5-14(22)13-8-11(3)16(19)17(13)20/h6-7H,4-5,8H2,1-3H3,(H2,21,23). The lowest BCUT2D eigenvalue weighted by molar-refractivity contribution is -0.115. The summed E-state index contributed by atoms with van der Waals surface area (Å²) in [7, 11) is 0. The average Bonchev–Trinajstić information content (AvgIpc) is 2.71. The van der Waals surface area contributed by atoms with Gasteiger partial charge in [-0.15, -0.1) is 0 Å². The van der Waals surface area contributed by atoms with E-state index in [1.54, 1.807) is 0 Å². The van der Waals surface area contributed by atoms with Gasteiger partial charge >= 0.3 is 0 Å². The number of carbonyl (C=O) groups excluding carboxylic acids is 2. The molecule has 2 rings (SSSR count). The quantitative estimate of drug-likeness (QED) is 0.858. The van der Waals surface area contributed by atoms with Crippen molar-refractivity contribution >= 4 is 34.9 Å². The number of ketones is 1. The molecule has 1 aromatic carbocycles. The summed E-state index contributed by atoms with van der Waals surface area (Å²) in [4.78, 5) is 23.8. The van der Waals surface area contributed by atoms with Crippen molar-refractivity contribution in [3.05, 3.63) is 55.6 Å². The molecule has 1 aliphatic carbocycles. The van der Waals surface area contributed by atoms with Gasteiger partial charge in [-0.1, -0.05) is 35.3 Å². The van der Waals surface area contributed by atoms with Crippen LogP contribution in [0.2, 0.25) is 0 Å². The van der Waals surface area contributed by atoms with Crippen molar-refractivity contribution in [1.82, 2.24) is 0 Å². The van der Waals surface area contributed by atoms with Crippen LogP contribution in [0.3, 0.4) is 0 Å². The van der Waals surface area contributed by atoms with Gasteiger partial charge in [0.2, 0.25) is 5.91 Å². The lowest BCUT2D eigenvalue weighted by Crippen LogP contribution is -2.15. The number of Topliss-reactive ketones (excluding diaryl/α,β-unsaturated/α-hetero) is 1. The Morgan fingerprint density at radius 1 is 1.09 bits per heavy atom. The van der Waals surface area contributed by atoms with Crippen molar-refractivity contribution in [3.8, 4) is 0 Å². The highest BCUT2D eigenvalue weighted by atomic mass is 35.5. The summed E-state index contributed by atoms with van der Waals surface area (Å²) in [6.45, 7) is 5.57. The van der Waals surface area contributed by atoms with Crippen molar-refractivity contribution in [2.45, 2.75) is 40.0 Å². The van der Waals surface area contributed by atoms with Crippen LogP contribution in [0.1, 0.15) is 46.8 Å². The summed E-state index contributed by atoms with van der Waals surface area (Å²) < 4.78 is 0. The first kappa shape index (κ1) is 17.8. The molecule has 0 bridgehead atoms. The zero-order valence-corrected chi connectivity index (χ0v) is 14.9. The second kappa shape index (κ2) is 6.90. The van der Waals surface area contributed by atoms with Crippen molar-refractivity contribution in [2.75, 3.05) is 0 Å². The normalized spacial score (nSPS) is 14.7. The fraction of sp³-hybridized carbons (Fsp3) is 0.333. The maximum absolute atomic E-state index is 12.4. The van der Waals surface area contributed by atoms with E-state index >= 15 is 0 Å². The second-order valence-electron chi connectivity index (χ2n) is 5.96. The monoisotopic (exact) mass is 351 g/mol. The molecule has 0 atom stereocenters. The zero-order chi connectivity index (χ0) is 17.3. The number of carbonyl (C=O) groups is 2. The van der Waals surface area contributed by atoms with E-state index < -0.39 is 5.91 Å². The first-order valence-electron chi connectivity index (χ1n) is 7.39.